The van der Waals surface area contributed by atoms with Crippen molar-refractivity contribution in [2.24, 2.45) is 0 Å². The van der Waals surface area contributed by atoms with E-state index in [1.54, 1.807) is 18.2 Å². The first-order chi connectivity index (χ1) is 11.2. The molecule has 0 saturated heterocycles. The number of rotatable bonds is 4. The predicted octanol–water partition coefficient (Wildman–Crippen LogP) is 4.12. The van der Waals surface area contributed by atoms with E-state index in [4.69, 9.17) is 0 Å². The fourth-order valence-electron chi connectivity index (χ4n) is 1.86. The molecule has 3 amide bonds. The van der Waals surface area contributed by atoms with Crippen LogP contribution in [-0.2, 0) is 0 Å². The molecule has 0 aliphatic rings. The van der Waals surface area contributed by atoms with Gasteiger partial charge in [-0.1, -0.05) is 17.7 Å². The Morgan fingerprint density at radius 3 is 2.38 bits per heavy atom. The highest BCUT2D eigenvalue weighted by Crippen LogP contribution is 2.25. The number of nitrogens with one attached hydrogen (secondary N) is 2. The summed E-state index contributed by atoms with van der Waals surface area (Å²) in [5.41, 5.74) is -2.30. The minimum absolute atomic E-state index is 0.170. The molecular formula is C16H13ClF2N2O3. The molecule has 2 aromatic carbocycles. The van der Waals surface area contributed by atoms with Crippen molar-refractivity contribution >= 4 is 29.2 Å². The maximum Gasteiger partial charge on any atom is 0.487 e. The van der Waals surface area contributed by atoms with E-state index in [0.29, 0.717) is 5.56 Å². The first kappa shape index (κ1) is 17.7. The molecule has 0 unspecified atom stereocenters. The van der Waals surface area contributed by atoms with Gasteiger partial charge in [-0.2, -0.15) is 0 Å². The zero-order chi connectivity index (χ0) is 17.7. The second kappa shape index (κ2) is 7.27. The van der Waals surface area contributed by atoms with Crippen molar-refractivity contribution in [2.75, 3.05) is 5.32 Å². The van der Waals surface area contributed by atoms with Gasteiger partial charge in [0.25, 0.3) is 5.91 Å². The average molecular weight is 355 g/mol. The second-order valence-electron chi connectivity index (χ2n) is 4.85. The highest BCUT2D eigenvalue weighted by atomic mass is 35.5. The molecule has 0 bridgehead atoms. The van der Waals surface area contributed by atoms with E-state index in [9.17, 15) is 18.4 Å². The van der Waals surface area contributed by atoms with Gasteiger partial charge >= 0.3 is 11.6 Å². The Labute approximate surface area is 141 Å². The number of anilines is 1. The van der Waals surface area contributed by atoms with Crippen LogP contribution in [0.15, 0.2) is 48.5 Å². The molecule has 8 heteroatoms. The van der Waals surface area contributed by atoms with Crippen LogP contribution in [0.25, 0.3) is 0 Å². The van der Waals surface area contributed by atoms with E-state index in [1.807, 2.05) is 13.0 Å². The molecule has 0 aliphatic heterocycles. The van der Waals surface area contributed by atoms with Crippen LogP contribution >= 0.6 is 11.6 Å². The molecule has 0 heterocycles. The number of amides is 3. The van der Waals surface area contributed by atoms with Crippen molar-refractivity contribution in [1.29, 1.82) is 0 Å². The first-order valence-electron chi connectivity index (χ1n) is 6.78. The minimum Gasteiger partial charge on any atom is -0.420 e. The van der Waals surface area contributed by atoms with Gasteiger partial charge in [-0.25, -0.2) is 4.79 Å². The second-order valence-corrected chi connectivity index (χ2v) is 5.29. The molecule has 0 radical (unpaired) electrons. The van der Waals surface area contributed by atoms with Crippen LogP contribution in [0.1, 0.15) is 15.9 Å². The normalized spacial score (nSPS) is 10.8. The quantitative estimate of drug-likeness (QED) is 0.811. The number of hydrogen-bond donors (Lipinski definition) is 2. The number of aryl methyl sites for hydroxylation is 1. The number of carbonyl (C=O) groups excluding carboxylic acids is 2. The summed E-state index contributed by atoms with van der Waals surface area (Å²) in [6.45, 7) is 1.82. The van der Waals surface area contributed by atoms with Crippen molar-refractivity contribution in [2.45, 2.75) is 12.5 Å². The summed E-state index contributed by atoms with van der Waals surface area (Å²) in [5.74, 6) is -0.727. The van der Waals surface area contributed by atoms with E-state index in [1.165, 1.54) is 24.3 Å². The molecule has 24 heavy (non-hydrogen) atoms. The maximum atomic E-state index is 12.5. The van der Waals surface area contributed by atoms with E-state index in [2.05, 4.69) is 27.0 Å². The molecule has 0 atom stereocenters. The minimum atomic E-state index is -3.81. The third-order valence-electron chi connectivity index (χ3n) is 2.85. The number of halogens is 3. The van der Waals surface area contributed by atoms with Gasteiger partial charge in [-0.15, -0.1) is 8.78 Å². The van der Waals surface area contributed by atoms with Gasteiger partial charge in [0.2, 0.25) is 0 Å². The fraction of sp³-hybridized carbons (Fsp3) is 0.125. The molecule has 2 rings (SSSR count). The lowest BCUT2D eigenvalue weighted by molar-refractivity contribution is -0.0964. The van der Waals surface area contributed by atoms with E-state index in [-0.39, 0.29) is 11.4 Å². The number of carbonyl (C=O) groups is 2. The Bertz CT molecular complexity index is 746. The van der Waals surface area contributed by atoms with Crippen molar-refractivity contribution in [3.8, 4) is 5.75 Å². The average Bonchev–Trinajstić information content (AvgIpc) is 2.47. The topological polar surface area (TPSA) is 67.4 Å². The number of hydrogen-bond acceptors (Lipinski definition) is 3. The number of imide groups is 1. The van der Waals surface area contributed by atoms with E-state index < -0.39 is 17.5 Å². The van der Waals surface area contributed by atoms with Gasteiger partial charge in [0.1, 0.15) is 5.75 Å². The van der Waals surface area contributed by atoms with Crippen LogP contribution in [0.4, 0.5) is 19.3 Å². The number of benzene rings is 2. The Hall–Kier alpha value is -2.67. The van der Waals surface area contributed by atoms with Gasteiger partial charge in [-0.05, 0) is 43.3 Å². The van der Waals surface area contributed by atoms with Crippen LogP contribution in [0.3, 0.4) is 0 Å². The smallest absolute Gasteiger partial charge is 0.420 e. The lowest BCUT2D eigenvalue weighted by Gasteiger charge is -2.11. The molecule has 2 aromatic rings. The molecule has 0 saturated carbocycles. The monoisotopic (exact) mass is 354 g/mol. The number of alkyl halides is 3. The van der Waals surface area contributed by atoms with Gasteiger partial charge in [-0.3, -0.25) is 10.1 Å². The fourth-order valence-corrected chi connectivity index (χ4v) is 1.95. The molecule has 0 spiro atoms. The van der Waals surface area contributed by atoms with Gasteiger partial charge in [0.05, 0.1) is 0 Å². The molecule has 0 aliphatic carbocycles. The van der Waals surface area contributed by atoms with Crippen molar-refractivity contribution < 1.29 is 23.1 Å². The lowest BCUT2D eigenvalue weighted by Crippen LogP contribution is -2.34. The summed E-state index contributed by atoms with van der Waals surface area (Å²) < 4.78 is 29.1. The standard InChI is InChI=1S/C16H13ClF2N2O3/c1-10-3-2-4-11(9-10)14(22)21-15(23)20-12-5-7-13(8-6-12)24-16(17,18)19/h2-9H,1H3,(H2,20,21,22,23). The van der Waals surface area contributed by atoms with E-state index >= 15 is 0 Å². The van der Waals surface area contributed by atoms with Crippen molar-refractivity contribution in [1.82, 2.24) is 5.32 Å². The summed E-state index contributed by atoms with van der Waals surface area (Å²) in [4.78, 5) is 23.7. The Morgan fingerprint density at radius 1 is 1.12 bits per heavy atom. The SMILES string of the molecule is Cc1cccc(C(=O)NC(=O)Nc2ccc(OC(F)(F)Cl)cc2)c1. The highest BCUT2D eigenvalue weighted by Gasteiger charge is 2.27. The zero-order valence-electron chi connectivity index (χ0n) is 12.5. The maximum absolute atomic E-state index is 12.5. The number of urea groups is 1. The number of ether oxygens (including phenoxy) is 1. The van der Waals surface area contributed by atoms with Gasteiger partial charge < -0.3 is 10.1 Å². The highest BCUT2D eigenvalue weighted by molar-refractivity contribution is 6.20. The van der Waals surface area contributed by atoms with E-state index in [0.717, 1.165) is 5.56 Å². The molecule has 0 fully saturated rings. The third-order valence-corrected chi connectivity index (χ3v) is 2.93. The van der Waals surface area contributed by atoms with Crippen LogP contribution < -0.4 is 15.4 Å². The van der Waals surface area contributed by atoms with Crippen molar-refractivity contribution in [3.63, 3.8) is 0 Å². The predicted molar refractivity (Wildman–Crippen MR) is 85.5 cm³/mol. The molecule has 0 aromatic heterocycles. The zero-order valence-corrected chi connectivity index (χ0v) is 13.2. The third kappa shape index (κ3) is 5.51. The Balaban J connectivity index is 1.93. The summed E-state index contributed by atoms with van der Waals surface area (Å²) in [7, 11) is 0. The van der Waals surface area contributed by atoms with Crippen LogP contribution in [0, 0.1) is 6.92 Å². The van der Waals surface area contributed by atoms with Gasteiger partial charge in [0, 0.05) is 22.9 Å². The molecule has 126 valence electrons. The Morgan fingerprint density at radius 2 is 1.79 bits per heavy atom. The Kier molecular flexibility index (Phi) is 5.35. The van der Waals surface area contributed by atoms with Crippen molar-refractivity contribution in [3.05, 3.63) is 59.7 Å². The van der Waals surface area contributed by atoms with Gasteiger partial charge in [0.15, 0.2) is 0 Å². The largest absolute Gasteiger partial charge is 0.487 e. The van der Waals surface area contributed by atoms with Crippen LogP contribution in [0.2, 0.25) is 0 Å². The summed E-state index contributed by atoms with van der Waals surface area (Å²) >= 11 is 4.65. The first-order valence-corrected chi connectivity index (χ1v) is 7.15. The summed E-state index contributed by atoms with van der Waals surface area (Å²) in [6.07, 6.45) is 0. The molecular weight excluding hydrogens is 342 g/mol. The van der Waals surface area contributed by atoms with Crippen LogP contribution in [-0.4, -0.2) is 17.5 Å². The summed E-state index contributed by atoms with van der Waals surface area (Å²) in [6, 6.07) is 11.1. The lowest BCUT2D eigenvalue weighted by atomic mass is 10.1. The van der Waals surface area contributed by atoms with Crippen LogP contribution in [0.5, 0.6) is 5.75 Å². The molecule has 2 N–H and O–H groups in total. The summed E-state index contributed by atoms with van der Waals surface area (Å²) in [5, 5.41) is 4.56. The molecule has 5 nitrogen and oxygen atoms in total.